The molecule has 0 saturated carbocycles. The number of thioether (sulfide) groups is 1. The van der Waals surface area contributed by atoms with E-state index in [-0.39, 0.29) is 23.8 Å². The highest BCUT2D eigenvalue weighted by Crippen LogP contribution is 2.10. The van der Waals surface area contributed by atoms with E-state index in [1.807, 2.05) is 20.8 Å². The number of rotatable bonds is 9. The summed E-state index contributed by atoms with van der Waals surface area (Å²) >= 11 is 1.53. The molecular weight excluding hydrogens is 264 g/mol. The van der Waals surface area contributed by atoms with E-state index in [1.54, 1.807) is 0 Å². The summed E-state index contributed by atoms with van der Waals surface area (Å²) < 4.78 is 4.72. The van der Waals surface area contributed by atoms with E-state index >= 15 is 0 Å². The Bertz CT molecular complexity index is 285. The quantitative estimate of drug-likeness (QED) is 0.492. The first-order valence-corrected chi connectivity index (χ1v) is 7.78. The Balaban J connectivity index is 4.13. The predicted octanol–water partition coefficient (Wildman–Crippen LogP) is 1.16. The fourth-order valence-corrected chi connectivity index (χ4v) is 2.40. The van der Waals surface area contributed by atoms with Crippen LogP contribution in [0.5, 0.6) is 0 Å². The lowest BCUT2D eigenvalue weighted by atomic mass is 9.99. The summed E-state index contributed by atoms with van der Waals surface area (Å²) in [5.41, 5.74) is 5.63. The van der Waals surface area contributed by atoms with Gasteiger partial charge in [0.05, 0.1) is 12.9 Å². The molecule has 0 aliphatic carbocycles. The lowest BCUT2D eigenvalue weighted by Crippen LogP contribution is -2.46. The van der Waals surface area contributed by atoms with E-state index in [0.717, 1.165) is 18.6 Å². The fourth-order valence-electron chi connectivity index (χ4n) is 1.45. The van der Waals surface area contributed by atoms with Gasteiger partial charge in [-0.25, -0.2) is 4.79 Å². The number of ether oxygens (including phenoxy) is 1. The SMILES string of the molecule is CCC(C)C(NC(=O)CSCCC(C)N)C(=O)OC. The van der Waals surface area contributed by atoms with Crippen LogP contribution >= 0.6 is 11.8 Å². The third-order valence-electron chi connectivity index (χ3n) is 2.94. The molecule has 0 saturated heterocycles. The van der Waals surface area contributed by atoms with Crippen molar-refractivity contribution < 1.29 is 14.3 Å². The van der Waals surface area contributed by atoms with Crippen LogP contribution < -0.4 is 11.1 Å². The Kier molecular flexibility index (Phi) is 9.69. The molecule has 112 valence electrons. The van der Waals surface area contributed by atoms with Crippen molar-refractivity contribution in [2.24, 2.45) is 11.7 Å². The summed E-state index contributed by atoms with van der Waals surface area (Å²) in [6.45, 7) is 5.84. The van der Waals surface area contributed by atoms with Crippen LogP contribution in [0, 0.1) is 5.92 Å². The topological polar surface area (TPSA) is 81.4 Å². The molecule has 19 heavy (non-hydrogen) atoms. The minimum atomic E-state index is -0.559. The van der Waals surface area contributed by atoms with Crippen molar-refractivity contribution >= 4 is 23.6 Å². The summed E-state index contributed by atoms with van der Waals surface area (Å²) in [6, 6.07) is -0.407. The van der Waals surface area contributed by atoms with Crippen molar-refractivity contribution in [3.05, 3.63) is 0 Å². The Hall–Kier alpha value is -0.750. The molecule has 0 fully saturated rings. The van der Waals surface area contributed by atoms with Gasteiger partial charge in [0.25, 0.3) is 0 Å². The monoisotopic (exact) mass is 290 g/mol. The average molecular weight is 290 g/mol. The number of methoxy groups -OCH3 is 1. The van der Waals surface area contributed by atoms with Gasteiger partial charge in [0.2, 0.25) is 5.91 Å². The van der Waals surface area contributed by atoms with Crippen molar-refractivity contribution in [1.82, 2.24) is 5.32 Å². The number of carbonyl (C=O) groups is 2. The molecular formula is C13H26N2O3S. The molecule has 0 radical (unpaired) electrons. The molecule has 6 heteroatoms. The zero-order valence-electron chi connectivity index (χ0n) is 12.3. The average Bonchev–Trinajstić information content (AvgIpc) is 2.39. The highest BCUT2D eigenvalue weighted by atomic mass is 32.2. The van der Waals surface area contributed by atoms with Crippen molar-refractivity contribution in [1.29, 1.82) is 0 Å². The van der Waals surface area contributed by atoms with Gasteiger partial charge in [0.15, 0.2) is 0 Å². The molecule has 3 unspecified atom stereocenters. The van der Waals surface area contributed by atoms with E-state index in [9.17, 15) is 9.59 Å². The minimum absolute atomic E-state index is 0.0606. The first-order valence-electron chi connectivity index (χ1n) is 6.62. The summed E-state index contributed by atoms with van der Waals surface area (Å²) in [4.78, 5) is 23.4. The zero-order valence-corrected chi connectivity index (χ0v) is 13.1. The molecule has 0 aromatic heterocycles. The van der Waals surface area contributed by atoms with Crippen LogP contribution in [-0.4, -0.2) is 42.6 Å². The Morgan fingerprint density at radius 3 is 2.47 bits per heavy atom. The van der Waals surface area contributed by atoms with E-state index in [2.05, 4.69) is 5.32 Å². The van der Waals surface area contributed by atoms with E-state index in [0.29, 0.717) is 5.75 Å². The Morgan fingerprint density at radius 2 is 2.00 bits per heavy atom. The third-order valence-corrected chi connectivity index (χ3v) is 3.93. The number of nitrogens with one attached hydrogen (secondary N) is 1. The highest BCUT2D eigenvalue weighted by Gasteiger charge is 2.26. The molecule has 3 N–H and O–H groups in total. The normalized spacial score (nSPS) is 15.4. The predicted molar refractivity (Wildman–Crippen MR) is 79.0 cm³/mol. The summed E-state index contributed by atoms with van der Waals surface area (Å²) in [5, 5.41) is 2.74. The minimum Gasteiger partial charge on any atom is -0.467 e. The summed E-state index contributed by atoms with van der Waals surface area (Å²) in [7, 11) is 1.33. The first-order chi connectivity index (χ1) is 8.92. The summed E-state index contributed by atoms with van der Waals surface area (Å²) in [5.74, 6) is 0.729. The highest BCUT2D eigenvalue weighted by molar-refractivity contribution is 7.99. The van der Waals surface area contributed by atoms with E-state index < -0.39 is 6.04 Å². The van der Waals surface area contributed by atoms with Gasteiger partial charge in [0, 0.05) is 6.04 Å². The Morgan fingerprint density at radius 1 is 1.37 bits per heavy atom. The number of carbonyl (C=O) groups excluding carboxylic acids is 2. The molecule has 5 nitrogen and oxygen atoms in total. The lowest BCUT2D eigenvalue weighted by molar-refractivity contribution is -0.146. The van der Waals surface area contributed by atoms with E-state index in [1.165, 1.54) is 18.9 Å². The fraction of sp³-hybridized carbons (Fsp3) is 0.846. The third kappa shape index (κ3) is 8.10. The number of nitrogens with two attached hydrogens (primary N) is 1. The zero-order chi connectivity index (χ0) is 14.8. The molecule has 0 rings (SSSR count). The smallest absolute Gasteiger partial charge is 0.328 e. The largest absolute Gasteiger partial charge is 0.467 e. The van der Waals surface area contributed by atoms with Crippen LogP contribution in [-0.2, 0) is 14.3 Å². The van der Waals surface area contributed by atoms with Crippen LogP contribution in [0.3, 0.4) is 0 Å². The van der Waals surface area contributed by atoms with Crippen molar-refractivity contribution in [2.45, 2.75) is 45.7 Å². The summed E-state index contributed by atoms with van der Waals surface area (Å²) in [6.07, 6.45) is 1.68. The number of esters is 1. The first kappa shape index (κ1) is 18.2. The lowest BCUT2D eigenvalue weighted by Gasteiger charge is -2.21. The molecule has 0 bridgehead atoms. The molecule has 0 aliphatic rings. The van der Waals surface area contributed by atoms with Gasteiger partial charge in [0.1, 0.15) is 6.04 Å². The van der Waals surface area contributed by atoms with Crippen LogP contribution in [0.1, 0.15) is 33.6 Å². The van der Waals surface area contributed by atoms with Crippen LogP contribution in [0.2, 0.25) is 0 Å². The number of hydrogen-bond donors (Lipinski definition) is 2. The maximum absolute atomic E-state index is 11.8. The molecule has 0 aromatic rings. The number of hydrogen-bond acceptors (Lipinski definition) is 5. The second-order valence-corrected chi connectivity index (χ2v) is 5.88. The molecule has 1 amide bonds. The van der Waals surface area contributed by atoms with Gasteiger partial charge >= 0.3 is 5.97 Å². The maximum Gasteiger partial charge on any atom is 0.328 e. The van der Waals surface area contributed by atoms with Gasteiger partial charge < -0.3 is 15.8 Å². The van der Waals surface area contributed by atoms with Crippen molar-refractivity contribution in [3.63, 3.8) is 0 Å². The molecule has 0 heterocycles. The van der Waals surface area contributed by atoms with Crippen molar-refractivity contribution in [3.8, 4) is 0 Å². The van der Waals surface area contributed by atoms with Gasteiger partial charge in [-0.15, -0.1) is 0 Å². The van der Waals surface area contributed by atoms with Gasteiger partial charge in [-0.3, -0.25) is 4.79 Å². The second-order valence-electron chi connectivity index (χ2n) is 4.77. The molecule has 0 aromatic carbocycles. The van der Waals surface area contributed by atoms with Crippen LogP contribution in [0.15, 0.2) is 0 Å². The van der Waals surface area contributed by atoms with Gasteiger partial charge in [-0.2, -0.15) is 11.8 Å². The van der Waals surface area contributed by atoms with Crippen LogP contribution in [0.4, 0.5) is 0 Å². The van der Waals surface area contributed by atoms with Crippen LogP contribution in [0.25, 0.3) is 0 Å². The van der Waals surface area contributed by atoms with E-state index in [4.69, 9.17) is 10.5 Å². The van der Waals surface area contributed by atoms with Crippen molar-refractivity contribution in [2.75, 3.05) is 18.6 Å². The Labute approximate surface area is 120 Å². The maximum atomic E-state index is 11.8. The second kappa shape index (κ2) is 10.1. The van der Waals surface area contributed by atoms with Gasteiger partial charge in [-0.1, -0.05) is 20.3 Å². The molecule has 0 aliphatic heterocycles. The molecule has 3 atom stereocenters. The van der Waals surface area contributed by atoms with Gasteiger partial charge in [-0.05, 0) is 25.0 Å². The molecule has 0 spiro atoms. The standard InChI is InChI=1S/C13H26N2O3S/c1-5-9(2)12(13(17)18-4)15-11(16)8-19-7-6-10(3)14/h9-10,12H,5-8,14H2,1-4H3,(H,15,16). The number of amides is 1.